The Kier molecular flexibility index (Phi) is 2.55. The van der Waals surface area contributed by atoms with Crippen LogP contribution >= 0.6 is 0 Å². The maximum atomic E-state index is 3.93. The van der Waals surface area contributed by atoms with Gasteiger partial charge in [-0.15, -0.1) is 0 Å². The van der Waals surface area contributed by atoms with Gasteiger partial charge < -0.3 is 4.90 Å². The molecule has 0 atom stereocenters. The van der Waals surface area contributed by atoms with E-state index in [0.717, 1.165) is 13.2 Å². The molecule has 1 saturated heterocycles. The highest BCUT2D eigenvalue weighted by atomic mass is 15.4. The van der Waals surface area contributed by atoms with Crippen molar-refractivity contribution in [2.24, 2.45) is 0 Å². The molecule has 0 aromatic carbocycles. The Morgan fingerprint density at radius 3 is 2.27 bits per heavy atom. The van der Waals surface area contributed by atoms with E-state index >= 15 is 0 Å². The van der Waals surface area contributed by atoms with E-state index in [4.69, 9.17) is 0 Å². The summed E-state index contributed by atoms with van der Waals surface area (Å²) in [6, 6.07) is 0.666. The van der Waals surface area contributed by atoms with Crippen LogP contribution in [-0.4, -0.2) is 35.6 Å². The first kappa shape index (κ1) is 8.60. The lowest BCUT2D eigenvalue weighted by atomic mass is 10.3. The summed E-state index contributed by atoms with van der Waals surface area (Å²) in [6.07, 6.45) is 0. The number of hydrogen-bond acceptors (Lipinski definition) is 2. The van der Waals surface area contributed by atoms with Crippen molar-refractivity contribution in [3.8, 4) is 0 Å². The van der Waals surface area contributed by atoms with Crippen LogP contribution in [0.15, 0.2) is 12.3 Å². The van der Waals surface area contributed by atoms with Crippen LogP contribution < -0.4 is 0 Å². The zero-order valence-corrected chi connectivity index (χ0v) is 7.80. The highest BCUT2D eigenvalue weighted by Crippen LogP contribution is 2.12. The summed E-state index contributed by atoms with van der Waals surface area (Å²) < 4.78 is 0. The lowest BCUT2D eigenvalue weighted by Crippen LogP contribution is -2.30. The van der Waals surface area contributed by atoms with Crippen molar-refractivity contribution in [3.63, 3.8) is 0 Å². The van der Waals surface area contributed by atoms with Crippen molar-refractivity contribution in [2.45, 2.75) is 26.8 Å². The number of allylic oxidation sites excluding steroid dienone is 1. The van der Waals surface area contributed by atoms with Gasteiger partial charge in [0.05, 0.1) is 6.67 Å². The second-order valence-corrected chi connectivity index (χ2v) is 3.55. The predicted molar refractivity (Wildman–Crippen MR) is 48.2 cm³/mol. The average Bonchev–Trinajstić information content (AvgIpc) is 2.33. The molecule has 0 bridgehead atoms. The fourth-order valence-electron chi connectivity index (χ4n) is 1.34. The van der Waals surface area contributed by atoms with Gasteiger partial charge in [0.25, 0.3) is 0 Å². The van der Waals surface area contributed by atoms with Gasteiger partial charge in [0.1, 0.15) is 0 Å². The van der Waals surface area contributed by atoms with Gasteiger partial charge in [0.15, 0.2) is 0 Å². The molecule has 2 nitrogen and oxygen atoms in total. The third-order valence-corrected chi connectivity index (χ3v) is 2.28. The van der Waals surface area contributed by atoms with E-state index in [1.807, 2.05) is 0 Å². The highest BCUT2D eigenvalue weighted by Gasteiger charge is 2.20. The third-order valence-electron chi connectivity index (χ3n) is 2.28. The van der Waals surface area contributed by atoms with Crippen molar-refractivity contribution in [2.75, 3.05) is 19.8 Å². The van der Waals surface area contributed by atoms with E-state index in [-0.39, 0.29) is 0 Å². The Labute approximate surface area is 69.5 Å². The zero-order valence-electron chi connectivity index (χ0n) is 7.80. The monoisotopic (exact) mass is 154 g/mol. The van der Waals surface area contributed by atoms with Crippen LogP contribution in [0.3, 0.4) is 0 Å². The summed E-state index contributed by atoms with van der Waals surface area (Å²) in [5.74, 6) is 0. The largest absolute Gasteiger partial charge is 0.361 e. The van der Waals surface area contributed by atoms with Crippen molar-refractivity contribution in [3.05, 3.63) is 12.3 Å². The first-order valence-electron chi connectivity index (χ1n) is 4.25. The maximum absolute atomic E-state index is 3.93. The van der Waals surface area contributed by atoms with Crippen molar-refractivity contribution >= 4 is 0 Å². The molecule has 1 aliphatic heterocycles. The SMILES string of the molecule is C=C(C)N1CCN(C(C)C)C1. The van der Waals surface area contributed by atoms with Crippen LogP contribution in [0.2, 0.25) is 0 Å². The Morgan fingerprint density at radius 2 is 2.00 bits per heavy atom. The number of hydrogen-bond donors (Lipinski definition) is 0. The Balaban J connectivity index is 2.41. The minimum absolute atomic E-state index is 0.666. The van der Waals surface area contributed by atoms with Gasteiger partial charge in [-0.05, 0) is 20.8 Å². The Hall–Kier alpha value is -0.500. The molecule has 0 N–H and O–H groups in total. The number of nitrogens with zero attached hydrogens (tertiary/aromatic N) is 2. The summed E-state index contributed by atoms with van der Waals surface area (Å²) in [6.45, 7) is 13.9. The standard InChI is InChI=1S/C9H18N2/c1-8(2)10-5-6-11(7-10)9(3)4/h9H,1,5-7H2,2-4H3. The van der Waals surface area contributed by atoms with Crippen LogP contribution in [0, 0.1) is 0 Å². The molecule has 2 heteroatoms. The molecule has 1 heterocycles. The summed E-state index contributed by atoms with van der Waals surface area (Å²) in [4.78, 5) is 4.77. The Bertz CT molecular complexity index is 152. The van der Waals surface area contributed by atoms with Gasteiger partial charge in [-0.25, -0.2) is 0 Å². The molecule has 0 unspecified atom stereocenters. The van der Waals surface area contributed by atoms with Gasteiger partial charge in [-0.1, -0.05) is 6.58 Å². The fraction of sp³-hybridized carbons (Fsp3) is 0.778. The summed E-state index contributed by atoms with van der Waals surface area (Å²) >= 11 is 0. The minimum atomic E-state index is 0.666. The lowest BCUT2D eigenvalue weighted by molar-refractivity contribution is 0.234. The fourth-order valence-corrected chi connectivity index (χ4v) is 1.34. The van der Waals surface area contributed by atoms with Crippen molar-refractivity contribution < 1.29 is 0 Å². The van der Waals surface area contributed by atoms with Gasteiger partial charge in [-0.2, -0.15) is 0 Å². The molecule has 0 aliphatic carbocycles. The van der Waals surface area contributed by atoms with E-state index in [1.165, 1.54) is 12.2 Å². The second-order valence-electron chi connectivity index (χ2n) is 3.55. The van der Waals surface area contributed by atoms with E-state index in [0.29, 0.717) is 6.04 Å². The van der Waals surface area contributed by atoms with Crippen LogP contribution in [0.4, 0.5) is 0 Å². The quantitative estimate of drug-likeness (QED) is 0.595. The summed E-state index contributed by atoms with van der Waals surface area (Å²) in [5, 5.41) is 0. The second kappa shape index (κ2) is 3.26. The molecule has 64 valence electrons. The maximum Gasteiger partial charge on any atom is 0.0707 e. The topological polar surface area (TPSA) is 6.48 Å². The average molecular weight is 154 g/mol. The van der Waals surface area contributed by atoms with E-state index in [9.17, 15) is 0 Å². The molecule has 0 aromatic heterocycles. The molecule has 0 aromatic rings. The van der Waals surface area contributed by atoms with Gasteiger partial charge >= 0.3 is 0 Å². The van der Waals surface area contributed by atoms with Gasteiger partial charge in [-0.3, -0.25) is 4.90 Å². The first-order chi connectivity index (χ1) is 5.11. The van der Waals surface area contributed by atoms with E-state index < -0.39 is 0 Å². The third kappa shape index (κ3) is 1.96. The van der Waals surface area contributed by atoms with Crippen LogP contribution in [0.5, 0.6) is 0 Å². The first-order valence-corrected chi connectivity index (χ1v) is 4.25. The number of rotatable bonds is 2. The molecule has 0 amide bonds. The molecular weight excluding hydrogens is 136 g/mol. The smallest absolute Gasteiger partial charge is 0.0707 e. The van der Waals surface area contributed by atoms with E-state index in [2.05, 4.69) is 37.1 Å². The summed E-state index contributed by atoms with van der Waals surface area (Å²) in [7, 11) is 0. The summed E-state index contributed by atoms with van der Waals surface area (Å²) in [5.41, 5.74) is 1.19. The normalized spacial score (nSPS) is 19.8. The molecule has 1 aliphatic rings. The van der Waals surface area contributed by atoms with Gasteiger partial charge in [0, 0.05) is 24.8 Å². The predicted octanol–water partition coefficient (Wildman–Crippen LogP) is 1.50. The van der Waals surface area contributed by atoms with Gasteiger partial charge in [0.2, 0.25) is 0 Å². The molecule has 0 spiro atoms. The molecule has 0 radical (unpaired) electrons. The highest BCUT2D eigenvalue weighted by molar-refractivity contribution is 4.92. The molecule has 11 heavy (non-hydrogen) atoms. The lowest BCUT2D eigenvalue weighted by Gasteiger charge is -2.22. The zero-order chi connectivity index (χ0) is 8.43. The Morgan fingerprint density at radius 1 is 1.36 bits per heavy atom. The van der Waals surface area contributed by atoms with E-state index in [1.54, 1.807) is 0 Å². The van der Waals surface area contributed by atoms with Crippen LogP contribution in [0.1, 0.15) is 20.8 Å². The van der Waals surface area contributed by atoms with Crippen molar-refractivity contribution in [1.82, 2.24) is 9.80 Å². The molecule has 1 rings (SSSR count). The molecule has 0 saturated carbocycles. The van der Waals surface area contributed by atoms with Crippen molar-refractivity contribution in [1.29, 1.82) is 0 Å². The minimum Gasteiger partial charge on any atom is -0.361 e. The molecule has 1 fully saturated rings. The molecular formula is C9H18N2. The van der Waals surface area contributed by atoms with Crippen LogP contribution in [0.25, 0.3) is 0 Å². The van der Waals surface area contributed by atoms with Crippen LogP contribution in [-0.2, 0) is 0 Å².